The van der Waals surface area contributed by atoms with Crippen LogP contribution in [0.5, 0.6) is 0 Å². The smallest absolute Gasteiger partial charge is 0.277 e. The van der Waals surface area contributed by atoms with Crippen LogP contribution in [0, 0.1) is 0 Å². The fraction of sp³-hybridized carbons (Fsp3) is 0.0588. The molecule has 7 nitrogen and oxygen atoms in total. The second kappa shape index (κ2) is 7.14. The number of carbonyl (C=O) groups excluding carboxylic acids is 1. The summed E-state index contributed by atoms with van der Waals surface area (Å²) >= 11 is 6.04. The normalized spacial score (nSPS) is 10.4. The molecule has 1 amide bonds. The lowest BCUT2D eigenvalue weighted by atomic mass is 10.1. The van der Waals surface area contributed by atoms with E-state index in [4.69, 9.17) is 11.6 Å². The van der Waals surface area contributed by atoms with Crippen LogP contribution in [0.15, 0.2) is 58.4 Å². The molecule has 0 spiro atoms. The van der Waals surface area contributed by atoms with Crippen molar-refractivity contribution < 1.29 is 4.79 Å². The molecular formula is C17H13ClN4O3. The number of carbonyl (C=O) groups is 1. The molecule has 8 heteroatoms. The molecule has 0 atom stereocenters. The summed E-state index contributed by atoms with van der Waals surface area (Å²) in [7, 11) is 0. The molecule has 0 aliphatic heterocycles. The third kappa shape index (κ3) is 3.67. The molecular weight excluding hydrogens is 344 g/mol. The van der Waals surface area contributed by atoms with Crippen LogP contribution in [0.3, 0.4) is 0 Å². The van der Waals surface area contributed by atoms with Crippen LogP contribution in [-0.2, 0) is 6.54 Å². The minimum absolute atomic E-state index is 0.139. The van der Waals surface area contributed by atoms with Crippen LogP contribution < -0.4 is 16.3 Å². The Kier molecular flexibility index (Phi) is 4.76. The molecule has 0 radical (unpaired) electrons. The summed E-state index contributed by atoms with van der Waals surface area (Å²) in [5.74, 6) is -0.586. The SMILES string of the molecule is O=C(NCc1ccccc1Cl)c1cc(-c2c[nH]ccc2=O)n[nH]c1=O. The highest BCUT2D eigenvalue weighted by Crippen LogP contribution is 2.15. The van der Waals surface area contributed by atoms with Crippen molar-refractivity contribution >= 4 is 17.5 Å². The maximum absolute atomic E-state index is 12.3. The fourth-order valence-electron chi connectivity index (χ4n) is 2.24. The number of aromatic amines is 2. The van der Waals surface area contributed by atoms with Gasteiger partial charge in [0, 0.05) is 30.0 Å². The fourth-order valence-corrected chi connectivity index (χ4v) is 2.44. The van der Waals surface area contributed by atoms with Gasteiger partial charge in [0.2, 0.25) is 0 Å². The van der Waals surface area contributed by atoms with E-state index in [9.17, 15) is 14.4 Å². The molecule has 0 unspecified atom stereocenters. The van der Waals surface area contributed by atoms with Crippen molar-refractivity contribution in [1.29, 1.82) is 0 Å². The van der Waals surface area contributed by atoms with Crippen molar-refractivity contribution in [2.45, 2.75) is 6.54 Å². The molecule has 0 fully saturated rings. The van der Waals surface area contributed by atoms with Crippen LogP contribution in [0.2, 0.25) is 5.02 Å². The number of halogens is 1. The van der Waals surface area contributed by atoms with E-state index in [1.165, 1.54) is 24.5 Å². The summed E-state index contributed by atoms with van der Waals surface area (Å²) in [6.45, 7) is 0.168. The van der Waals surface area contributed by atoms with Gasteiger partial charge in [-0.1, -0.05) is 29.8 Å². The minimum atomic E-state index is -0.646. The maximum atomic E-state index is 12.3. The number of aromatic nitrogens is 3. The highest BCUT2D eigenvalue weighted by atomic mass is 35.5. The second-order valence-electron chi connectivity index (χ2n) is 5.19. The molecule has 0 aliphatic rings. The van der Waals surface area contributed by atoms with E-state index < -0.39 is 11.5 Å². The number of amides is 1. The predicted molar refractivity (Wildman–Crippen MR) is 93.5 cm³/mol. The first-order chi connectivity index (χ1) is 12.1. The molecule has 126 valence electrons. The summed E-state index contributed by atoms with van der Waals surface area (Å²) in [5.41, 5.74) is 0.111. The molecule has 25 heavy (non-hydrogen) atoms. The summed E-state index contributed by atoms with van der Waals surface area (Å²) < 4.78 is 0. The van der Waals surface area contributed by atoms with E-state index in [1.807, 2.05) is 0 Å². The number of pyridine rings is 1. The van der Waals surface area contributed by atoms with Gasteiger partial charge in [-0.25, -0.2) is 5.10 Å². The molecule has 0 saturated carbocycles. The predicted octanol–water partition coefficient (Wildman–Crippen LogP) is 1.71. The monoisotopic (exact) mass is 356 g/mol. The quantitative estimate of drug-likeness (QED) is 0.661. The summed E-state index contributed by atoms with van der Waals surface area (Å²) in [6, 6.07) is 9.68. The Morgan fingerprint density at radius 1 is 1.20 bits per heavy atom. The maximum Gasteiger partial charge on any atom is 0.277 e. The van der Waals surface area contributed by atoms with Gasteiger partial charge in [-0.15, -0.1) is 0 Å². The molecule has 2 aromatic heterocycles. The van der Waals surface area contributed by atoms with Gasteiger partial charge in [0.25, 0.3) is 11.5 Å². The third-order valence-corrected chi connectivity index (χ3v) is 3.91. The average Bonchev–Trinajstić information content (AvgIpc) is 2.62. The van der Waals surface area contributed by atoms with Gasteiger partial charge in [-0.3, -0.25) is 14.4 Å². The van der Waals surface area contributed by atoms with Crippen LogP contribution in [0.25, 0.3) is 11.3 Å². The molecule has 3 aromatic rings. The van der Waals surface area contributed by atoms with Crippen molar-refractivity contribution in [3.8, 4) is 11.3 Å². The zero-order valence-electron chi connectivity index (χ0n) is 12.9. The first-order valence-electron chi connectivity index (χ1n) is 7.35. The summed E-state index contributed by atoms with van der Waals surface area (Å²) in [6.07, 6.45) is 2.93. The molecule has 3 rings (SSSR count). The first-order valence-corrected chi connectivity index (χ1v) is 7.73. The average molecular weight is 357 g/mol. The Morgan fingerprint density at radius 2 is 2.00 bits per heavy atom. The van der Waals surface area contributed by atoms with Crippen molar-refractivity contribution in [2.75, 3.05) is 0 Å². The lowest BCUT2D eigenvalue weighted by Crippen LogP contribution is -2.30. The molecule has 2 heterocycles. The zero-order valence-corrected chi connectivity index (χ0v) is 13.6. The van der Waals surface area contributed by atoms with Crippen LogP contribution in [0.1, 0.15) is 15.9 Å². The van der Waals surface area contributed by atoms with E-state index in [-0.39, 0.29) is 28.8 Å². The molecule has 0 bridgehead atoms. The Bertz CT molecular complexity index is 1040. The summed E-state index contributed by atoms with van der Waals surface area (Å²) in [4.78, 5) is 38.9. The Hall–Kier alpha value is -3.19. The highest BCUT2D eigenvalue weighted by Gasteiger charge is 2.14. The Balaban J connectivity index is 1.87. The first kappa shape index (κ1) is 16.7. The number of nitrogens with zero attached hydrogens (tertiary/aromatic N) is 1. The van der Waals surface area contributed by atoms with Crippen molar-refractivity contribution in [3.05, 3.63) is 85.5 Å². The molecule has 0 aliphatic carbocycles. The summed E-state index contributed by atoms with van der Waals surface area (Å²) in [5, 5.41) is 9.22. The topological polar surface area (TPSA) is 108 Å². The van der Waals surface area contributed by atoms with Crippen molar-refractivity contribution in [3.63, 3.8) is 0 Å². The van der Waals surface area contributed by atoms with Gasteiger partial charge < -0.3 is 10.3 Å². The van der Waals surface area contributed by atoms with Gasteiger partial charge >= 0.3 is 0 Å². The Morgan fingerprint density at radius 3 is 2.76 bits per heavy atom. The number of nitrogens with one attached hydrogen (secondary N) is 3. The van der Waals surface area contributed by atoms with Crippen LogP contribution in [0.4, 0.5) is 0 Å². The van der Waals surface area contributed by atoms with Gasteiger partial charge in [-0.2, -0.15) is 5.10 Å². The molecule has 3 N–H and O–H groups in total. The number of benzene rings is 1. The van der Waals surface area contributed by atoms with E-state index in [2.05, 4.69) is 20.5 Å². The van der Waals surface area contributed by atoms with Gasteiger partial charge in [0.15, 0.2) is 5.43 Å². The third-order valence-electron chi connectivity index (χ3n) is 3.55. The van der Waals surface area contributed by atoms with Crippen molar-refractivity contribution in [2.24, 2.45) is 0 Å². The minimum Gasteiger partial charge on any atom is -0.367 e. The van der Waals surface area contributed by atoms with Crippen molar-refractivity contribution in [1.82, 2.24) is 20.5 Å². The Labute approximate surface area is 146 Å². The van der Waals surface area contributed by atoms with Crippen LogP contribution in [-0.4, -0.2) is 21.1 Å². The second-order valence-corrected chi connectivity index (χ2v) is 5.60. The number of rotatable bonds is 4. The highest BCUT2D eigenvalue weighted by molar-refractivity contribution is 6.31. The number of hydrogen-bond acceptors (Lipinski definition) is 4. The van der Waals surface area contributed by atoms with E-state index >= 15 is 0 Å². The van der Waals surface area contributed by atoms with Gasteiger partial charge in [0.1, 0.15) is 5.56 Å². The molecule has 0 saturated heterocycles. The standard InChI is InChI=1S/C17H13ClN4O3/c18-13-4-2-1-3-10(13)8-20-16(24)11-7-14(21-22-17(11)25)12-9-19-6-5-15(12)23/h1-7,9H,8H2,(H,19,23)(H,20,24)(H,22,25). The number of H-pyrrole nitrogens is 2. The van der Waals surface area contributed by atoms with E-state index in [0.717, 1.165) is 5.56 Å². The van der Waals surface area contributed by atoms with Crippen LogP contribution >= 0.6 is 11.6 Å². The number of hydrogen-bond donors (Lipinski definition) is 3. The van der Waals surface area contributed by atoms with E-state index in [0.29, 0.717) is 5.02 Å². The lowest BCUT2D eigenvalue weighted by Gasteiger charge is -2.07. The lowest BCUT2D eigenvalue weighted by molar-refractivity contribution is 0.0949. The molecule has 1 aromatic carbocycles. The van der Waals surface area contributed by atoms with Gasteiger partial charge in [0.05, 0.1) is 11.3 Å². The largest absolute Gasteiger partial charge is 0.367 e. The van der Waals surface area contributed by atoms with Gasteiger partial charge in [-0.05, 0) is 17.7 Å². The van der Waals surface area contributed by atoms with E-state index in [1.54, 1.807) is 24.3 Å². The zero-order chi connectivity index (χ0) is 17.8.